The summed E-state index contributed by atoms with van der Waals surface area (Å²) in [6.07, 6.45) is 5.51. The third kappa shape index (κ3) is 6.08. The number of halogens is 1. The number of allylic oxidation sites excluding steroid dienone is 1. The molecule has 0 N–H and O–H groups in total. The zero-order valence-electron chi connectivity index (χ0n) is 18.3. The van der Waals surface area contributed by atoms with Crippen molar-refractivity contribution < 1.29 is 14.3 Å². The van der Waals surface area contributed by atoms with Gasteiger partial charge in [-0.05, 0) is 83.2 Å². The quantitative estimate of drug-likeness (QED) is 0.225. The van der Waals surface area contributed by atoms with Crippen LogP contribution in [0.25, 0.3) is 6.08 Å². The Kier molecular flexibility index (Phi) is 8.10. The van der Waals surface area contributed by atoms with Crippen LogP contribution in [0.15, 0.2) is 53.0 Å². The van der Waals surface area contributed by atoms with E-state index >= 15 is 0 Å². The maximum atomic E-state index is 12.6. The van der Waals surface area contributed by atoms with Crippen LogP contribution in [0.3, 0.4) is 0 Å². The molecule has 0 aliphatic rings. The van der Waals surface area contributed by atoms with Gasteiger partial charge in [-0.25, -0.2) is 0 Å². The summed E-state index contributed by atoms with van der Waals surface area (Å²) in [7, 11) is 1.65. The number of rotatable bonds is 9. The fourth-order valence-corrected chi connectivity index (χ4v) is 5.11. The lowest BCUT2D eigenvalue weighted by Gasteiger charge is -2.13. The first kappa shape index (κ1) is 23.3. The third-order valence-electron chi connectivity index (χ3n) is 4.94. The molecular weight excluding hydrogens is 472 g/mol. The average Bonchev–Trinajstić information content (AvgIpc) is 3.13. The van der Waals surface area contributed by atoms with Crippen LogP contribution < -0.4 is 9.47 Å². The van der Waals surface area contributed by atoms with Gasteiger partial charge in [0.2, 0.25) is 0 Å². The van der Waals surface area contributed by atoms with Crippen molar-refractivity contribution in [1.82, 2.24) is 0 Å². The van der Waals surface area contributed by atoms with Crippen LogP contribution in [-0.2, 0) is 13.0 Å². The second kappa shape index (κ2) is 10.8. The molecule has 0 atom stereocenters. The van der Waals surface area contributed by atoms with Crippen molar-refractivity contribution in [1.29, 1.82) is 0 Å². The van der Waals surface area contributed by atoms with Crippen LogP contribution in [0, 0.1) is 13.8 Å². The van der Waals surface area contributed by atoms with Gasteiger partial charge in [-0.3, -0.25) is 4.79 Å². The highest BCUT2D eigenvalue weighted by Gasteiger charge is 2.11. The van der Waals surface area contributed by atoms with E-state index in [0.29, 0.717) is 6.61 Å². The summed E-state index contributed by atoms with van der Waals surface area (Å²) in [5.74, 6) is 1.64. The molecule has 162 valence electrons. The van der Waals surface area contributed by atoms with Crippen LogP contribution in [0.4, 0.5) is 0 Å². The second-order valence-electron chi connectivity index (χ2n) is 7.46. The van der Waals surface area contributed by atoms with Crippen molar-refractivity contribution in [3.05, 3.63) is 85.0 Å². The first-order valence-electron chi connectivity index (χ1n) is 10.3. The van der Waals surface area contributed by atoms with Gasteiger partial charge in [-0.2, -0.15) is 0 Å². The summed E-state index contributed by atoms with van der Waals surface area (Å²) in [6.45, 7) is 6.61. The molecule has 0 amide bonds. The Labute approximate surface area is 196 Å². The van der Waals surface area contributed by atoms with Gasteiger partial charge < -0.3 is 9.47 Å². The van der Waals surface area contributed by atoms with Crippen LogP contribution in [0.1, 0.15) is 50.1 Å². The molecule has 31 heavy (non-hydrogen) atoms. The number of hydrogen-bond donors (Lipinski definition) is 0. The number of hydrogen-bond acceptors (Lipinski definition) is 4. The Bertz CT molecular complexity index is 1100. The van der Waals surface area contributed by atoms with Crippen LogP contribution in [0.2, 0.25) is 0 Å². The number of ether oxygens (including phenoxy) is 2. The summed E-state index contributed by atoms with van der Waals surface area (Å²) in [5.41, 5.74) is 4.11. The van der Waals surface area contributed by atoms with Crippen molar-refractivity contribution in [3.63, 3.8) is 0 Å². The standard InChI is InChI=1S/C26H27BrO3S/c1-5-6-25-21(27)15-26(31-25)22(28)11-9-19-10-12-23(29-4)20(14-19)16-30-24-13-17(2)7-8-18(24)3/h7-15H,5-6,16H2,1-4H3/b11-9+. The van der Waals surface area contributed by atoms with Gasteiger partial charge in [0.1, 0.15) is 18.1 Å². The zero-order chi connectivity index (χ0) is 22.4. The Hall–Kier alpha value is -2.37. The van der Waals surface area contributed by atoms with E-state index in [1.54, 1.807) is 24.5 Å². The molecule has 3 aromatic rings. The van der Waals surface area contributed by atoms with Crippen molar-refractivity contribution in [2.45, 2.75) is 40.2 Å². The first-order chi connectivity index (χ1) is 14.9. The molecule has 2 aromatic carbocycles. The van der Waals surface area contributed by atoms with Crippen LogP contribution in [-0.4, -0.2) is 12.9 Å². The third-order valence-corrected chi connectivity index (χ3v) is 7.12. The molecule has 0 bridgehead atoms. The van der Waals surface area contributed by atoms with Crippen molar-refractivity contribution in [2.75, 3.05) is 7.11 Å². The number of benzene rings is 2. The fourth-order valence-electron chi connectivity index (χ4n) is 3.21. The maximum absolute atomic E-state index is 12.6. The molecule has 0 saturated heterocycles. The topological polar surface area (TPSA) is 35.5 Å². The lowest BCUT2D eigenvalue weighted by molar-refractivity contribution is 0.105. The van der Waals surface area contributed by atoms with E-state index in [4.69, 9.17) is 9.47 Å². The van der Waals surface area contributed by atoms with E-state index in [-0.39, 0.29) is 5.78 Å². The Morgan fingerprint density at radius 1 is 1.10 bits per heavy atom. The smallest absolute Gasteiger partial charge is 0.195 e. The second-order valence-corrected chi connectivity index (χ2v) is 9.45. The lowest BCUT2D eigenvalue weighted by atomic mass is 10.1. The number of thiophene rings is 1. The van der Waals surface area contributed by atoms with Crippen molar-refractivity contribution >= 4 is 39.1 Å². The molecule has 0 spiro atoms. The molecule has 0 saturated carbocycles. The molecular formula is C26H27BrO3S. The average molecular weight is 499 g/mol. The SMILES string of the molecule is CCCc1sc(C(=O)/C=C/c2ccc(OC)c(COc3cc(C)ccc3C)c2)cc1Br. The predicted molar refractivity (Wildman–Crippen MR) is 133 cm³/mol. The highest BCUT2D eigenvalue weighted by Crippen LogP contribution is 2.30. The molecule has 0 aliphatic heterocycles. The minimum atomic E-state index is 0.0112. The normalized spacial score (nSPS) is 11.1. The molecule has 1 heterocycles. The molecule has 3 nitrogen and oxygen atoms in total. The number of carbonyl (C=O) groups is 1. The Balaban J connectivity index is 1.75. The van der Waals surface area contributed by atoms with Crippen LogP contribution >= 0.6 is 27.3 Å². The number of aryl methyl sites for hydroxylation is 3. The minimum Gasteiger partial charge on any atom is -0.496 e. The maximum Gasteiger partial charge on any atom is 0.195 e. The monoisotopic (exact) mass is 498 g/mol. The van der Waals surface area contributed by atoms with Gasteiger partial charge >= 0.3 is 0 Å². The van der Waals surface area contributed by atoms with Crippen molar-refractivity contribution in [2.24, 2.45) is 0 Å². The molecule has 0 radical (unpaired) electrons. The molecule has 0 aliphatic carbocycles. The van der Waals surface area contributed by atoms with Gasteiger partial charge in [0.25, 0.3) is 0 Å². The van der Waals surface area contributed by atoms with E-state index < -0.39 is 0 Å². The number of methoxy groups -OCH3 is 1. The van der Waals surface area contributed by atoms with Crippen molar-refractivity contribution in [3.8, 4) is 11.5 Å². The molecule has 0 fully saturated rings. The van der Waals surface area contributed by atoms with Gasteiger partial charge in [0, 0.05) is 14.9 Å². The summed E-state index contributed by atoms with van der Waals surface area (Å²) in [5, 5.41) is 0. The van der Waals surface area contributed by atoms with Crippen LogP contribution in [0.5, 0.6) is 11.5 Å². The molecule has 3 rings (SSSR count). The summed E-state index contributed by atoms with van der Waals surface area (Å²) >= 11 is 5.12. The van der Waals surface area contributed by atoms with Gasteiger partial charge in [-0.15, -0.1) is 11.3 Å². The van der Waals surface area contributed by atoms with E-state index in [0.717, 1.165) is 55.9 Å². The molecule has 0 unspecified atom stereocenters. The minimum absolute atomic E-state index is 0.0112. The van der Waals surface area contributed by atoms with E-state index in [1.807, 2.05) is 50.3 Å². The van der Waals surface area contributed by atoms with Gasteiger partial charge in [0.05, 0.1) is 12.0 Å². The lowest BCUT2D eigenvalue weighted by Crippen LogP contribution is -2.00. The first-order valence-corrected chi connectivity index (χ1v) is 11.9. The number of carbonyl (C=O) groups excluding carboxylic acids is 1. The van der Waals surface area contributed by atoms with Gasteiger partial charge in [0.15, 0.2) is 5.78 Å². The summed E-state index contributed by atoms with van der Waals surface area (Å²) < 4.78 is 12.6. The predicted octanol–water partition coefficient (Wildman–Crippen LogP) is 7.56. The van der Waals surface area contributed by atoms with E-state index in [1.165, 1.54) is 4.88 Å². The highest BCUT2D eigenvalue weighted by molar-refractivity contribution is 9.10. The Morgan fingerprint density at radius 3 is 2.65 bits per heavy atom. The van der Waals surface area contributed by atoms with E-state index in [9.17, 15) is 4.79 Å². The largest absolute Gasteiger partial charge is 0.496 e. The fraction of sp³-hybridized carbons (Fsp3) is 0.269. The molecule has 1 aromatic heterocycles. The Morgan fingerprint density at radius 2 is 1.90 bits per heavy atom. The summed E-state index contributed by atoms with van der Waals surface area (Å²) in [4.78, 5) is 14.6. The van der Waals surface area contributed by atoms with E-state index in [2.05, 4.69) is 35.0 Å². The number of ketones is 1. The highest BCUT2D eigenvalue weighted by atomic mass is 79.9. The molecule has 5 heteroatoms. The van der Waals surface area contributed by atoms with Gasteiger partial charge in [-0.1, -0.05) is 37.6 Å². The summed E-state index contributed by atoms with van der Waals surface area (Å²) in [6, 6.07) is 13.9. The zero-order valence-corrected chi connectivity index (χ0v) is 20.7.